The molecule has 0 fully saturated rings. The van der Waals surface area contributed by atoms with Crippen LogP contribution in [0.25, 0.3) is 127 Å². The van der Waals surface area contributed by atoms with Crippen molar-refractivity contribution in [3.63, 3.8) is 0 Å². The number of para-hydroxylation sites is 2. The molecule has 9 aromatic carbocycles. The molecular formula is C53H30N4O2. The Hall–Kier alpha value is -8.09. The molecule has 274 valence electrons. The third kappa shape index (κ3) is 4.77. The lowest BCUT2D eigenvalue weighted by atomic mass is 10.0. The highest BCUT2D eigenvalue weighted by atomic mass is 16.3. The molecule has 0 aliphatic heterocycles. The van der Waals surface area contributed by atoms with Crippen molar-refractivity contribution in [1.29, 1.82) is 0 Å². The molecule has 4 aromatic heterocycles. The van der Waals surface area contributed by atoms with Crippen molar-refractivity contribution in [2.45, 2.75) is 0 Å². The molecule has 59 heavy (non-hydrogen) atoms. The molecule has 0 aliphatic rings. The molecular weight excluding hydrogens is 725 g/mol. The lowest BCUT2D eigenvalue weighted by molar-refractivity contribution is 0.666. The van der Waals surface area contributed by atoms with E-state index in [-0.39, 0.29) is 0 Å². The maximum Gasteiger partial charge on any atom is 0.164 e. The van der Waals surface area contributed by atoms with E-state index in [2.05, 4.69) is 114 Å². The van der Waals surface area contributed by atoms with E-state index >= 15 is 0 Å². The maximum atomic E-state index is 6.95. The Morgan fingerprint density at radius 3 is 1.83 bits per heavy atom. The first-order valence-electron chi connectivity index (χ1n) is 19.8. The molecule has 0 saturated carbocycles. The second-order valence-electron chi connectivity index (χ2n) is 15.1. The largest absolute Gasteiger partial charge is 0.456 e. The first kappa shape index (κ1) is 32.0. The van der Waals surface area contributed by atoms with Crippen LogP contribution >= 0.6 is 0 Å². The minimum atomic E-state index is 0.563. The molecule has 13 rings (SSSR count). The first-order valence-corrected chi connectivity index (χ1v) is 19.8. The first-order chi connectivity index (χ1) is 29.2. The third-order valence-electron chi connectivity index (χ3n) is 11.8. The minimum Gasteiger partial charge on any atom is -0.456 e. The average molecular weight is 755 g/mol. The molecule has 0 radical (unpaired) electrons. The summed E-state index contributed by atoms with van der Waals surface area (Å²) in [5.41, 5.74) is 9.03. The van der Waals surface area contributed by atoms with E-state index in [4.69, 9.17) is 23.8 Å². The number of hydrogen-bond acceptors (Lipinski definition) is 5. The van der Waals surface area contributed by atoms with Gasteiger partial charge in [0.05, 0.1) is 16.7 Å². The van der Waals surface area contributed by atoms with Gasteiger partial charge in [-0.25, -0.2) is 15.0 Å². The monoisotopic (exact) mass is 754 g/mol. The van der Waals surface area contributed by atoms with Gasteiger partial charge in [-0.2, -0.15) is 0 Å². The number of benzene rings is 9. The lowest BCUT2D eigenvalue weighted by Crippen LogP contribution is -2.01. The Balaban J connectivity index is 1.11. The van der Waals surface area contributed by atoms with Crippen LogP contribution in [0.15, 0.2) is 191 Å². The molecule has 6 heteroatoms. The highest BCUT2D eigenvalue weighted by Gasteiger charge is 2.24. The summed E-state index contributed by atoms with van der Waals surface area (Å²) in [4.78, 5) is 15.6. The second kappa shape index (κ2) is 12.2. The van der Waals surface area contributed by atoms with Gasteiger partial charge in [-0.3, -0.25) is 0 Å². The smallest absolute Gasteiger partial charge is 0.164 e. The van der Waals surface area contributed by atoms with Crippen molar-refractivity contribution in [3.8, 4) is 39.9 Å². The fraction of sp³-hybridized carbons (Fsp3) is 0. The van der Waals surface area contributed by atoms with Crippen LogP contribution in [-0.2, 0) is 0 Å². The highest BCUT2D eigenvalue weighted by molar-refractivity contribution is 6.24. The number of hydrogen-bond donors (Lipinski definition) is 0. The maximum absolute atomic E-state index is 6.95. The Morgan fingerprint density at radius 2 is 1.00 bits per heavy atom. The average Bonchev–Trinajstić information content (AvgIpc) is 3.98. The predicted molar refractivity (Wildman–Crippen MR) is 240 cm³/mol. The molecule has 0 bridgehead atoms. The van der Waals surface area contributed by atoms with E-state index in [0.717, 1.165) is 77.3 Å². The van der Waals surface area contributed by atoms with Gasteiger partial charge in [0.2, 0.25) is 0 Å². The molecule has 4 heterocycles. The standard InChI is InChI=1S/C53H30N4O2/c1-2-13-32(14-3-1)51-54-52(35-23-27-47-40(29-35)37-18-8-10-20-45(37)58-47)56-53(55-51)39-24-26-43(50-49(39)38-19-9-11-21-46(38)59-50)57-42-25-22-31-12-6-7-17-36(31)48(42)41-28-33-15-4-5-16-34(33)30-44(41)57/h1-30H. The van der Waals surface area contributed by atoms with Crippen LogP contribution < -0.4 is 0 Å². The highest BCUT2D eigenvalue weighted by Crippen LogP contribution is 2.44. The van der Waals surface area contributed by atoms with Crippen LogP contribution in [0.1, 0.15) is 0 Å². The molecule has 0 spiro atoms. The third-order valence-corrected chi connectivity index (χ3v) is 11.8. The van der Waals surface area contributed by atoms with E-state index in [1.807, 2.05) is 72.8 Å². The van der Waals surface area contributed by atoms with Crippen LogP contribution in [0.2, 0.25) is 0 Å². The summed E-state index contributed by atoms with van der Waals surface area (Å²) in [7, 11) is 0. The Bertz CT molecular complexity index is 3860. The van der Waals surface area contributed by atoms with Crippen molar-refractivity contribution in [1.82, 2.24) is 19.5 Å². The Morgan fingerprint density at radius 1 is 0.356 bits per heavy atom. The predicted octanol–water partition coefficient (Wildman–Crippen LogP) is 14.1. The zero-order valence-corrected chi connectivity index (χ0v) is 31.4. The van der Waals surface area contributed by atoms with Crippen molar-refractivity contribution in [3.05, 3.63) is 182 Å². The van der Waals surface area contributed by atoms with E-state index < -0.39 is 0 Å². The van der Waals surface area contributed by atoms with Gasteiger partial charge in [0.15, 0.2) is 23.1 Å². The zero-order chi connectivity index (χ0) is 38.6. The zero-order valence-electron chi connectivity index (χ0n) is 31.4. The summed E-state index contributed by atoms with van der Waals surface area (Å²) in [5.74, 6) is 1.73. The number of furan rings is 2. The normalized spacial score (nSPS) is 12.1. The van der Waals surface area contributed by atoms with Gasteiger partial charge in [0, 0.05) is 49.0 Å². The SMILES string of the molecule is c1ccc(-c2nc(-c3ccc4oc5ccccc5c4c3)nc(-c3ccc(-n4c5cc6ccccc6cc5c5c6ccccc6ccc54)c4oc5ccccc5c34)n2)cc1. The molecule has 0 amide bonds. The quantitative estimate of drug-likeness (QED) is 0.179. The van der Waals surface area contributed by atoms with Gasteiger partial charge in [-0.15, -0.1) is 0 Å². The molecule has 6 nitrogen and oxygen atoms in total. The van der Waals surface area contributed by atoms with Crippen molar-refractivity contribution >= 4 is 87.2 Å². The fourth-order valence-corrected chi connectivity index (χ4v) is 9.12. The summed E-state index contributed by atoms with van der Waals surface area (Å²) in [6.07, 6.45) is 0. The van der Waals surface area contributed by atoms with E-state index in [1.165, 1.54) is 32.3 Å². The van der Waals surface area contributed by atoms with Crippen LogP contribution in [0.3, 0.4) is 0 Å². The van der Waals surface area contributed by atoms with Crippen LogP contribution in [0, 0.1) is 0 Å². The van der Waals surface area contributed by atoms with E-state index in [0.29, 0.717) is 17.5 Å². The van der Waals surface area contributed by atoms with Gasteiger partial charge in [0.1, 0.15) is 16.7 Å². The van der Waals surface area contributed by atoms with Gasteiger partial charge >= 0.3 is 0 Å². The van der Waals surface area contributed by atoms with E-state index in [1.54, 1.807) is 0 Å². The second-order valence-corrected chi connectivity index (χ2v) is 15.1. The van der Waals surface area contributed by atoms with Gasteiger partial charge in [0.25, 0.3) is 0 Å². The van der Waals surface area contributed by atoms with Gasteiger partial charge < -0.3 is 13.4 Å². The van der Waals surface area contributed by atoms with Crippen LogP contribution in [-0.4, -0.2) is 19.5 Å². The van der Waals surface area contributed by atoms with Crippen molar-refractivity contribution in [2.75, 3.05) is 0 Å². The number of fused-ring (bicyclic) bond motifs is 12. The van der Waals surface area contributed by atoms with Gasteiger partial charge in [-0.1, -0.05) is 121 Å². The fourth-order valence-electron chi connectivity index (χ4n) is 9.12. The lowest BCUT2D eigenvalue weighted by Gasteiger charge is -2.13. The van der Waals surface area contributed by atoms with E-state index in [9.17, 15) is 0 Å². The topological polar surface area (TPSA) is 69.9 Å². The van der Waals surface area contributed by atoms with Crippen LogP contribution in [0.4, 0.5) is 0 Å². The summed E-state index contributed by atoms with van der Waals surface area (Å²) in [6.45, 7) is 0. The van der Waals surface area contributed by atoms with Crippen molar-refractivity contribution < 1.29 is 8.83 Å². The molecule has 0 saturated heterocycles. The Labute approximate surface area is 336 Å². The van der Waals surface area contributed by atoms with Gasteiger partial charge in [-0.05, 0) is 82.2 Å². The number of aromatic nitrogens is 4. The molecule has 0 N–H and O–H groups in total. The summed E-state index contributed by atoms with van der Waals surface area (Å²) in [6, 6.07) is 63.3. The summed E-state index contributed by atoms with van der Waals surface area (Å²) < 4.78 is 15.5. The molecule has 0 aliphatic carbocycles. The molecule has 0 unspecified atom stereocenters. The Kier molecular flexibility index (Phi) is 6.63. The molecule has 0 atom stereocenters. The summed E-state index contributed by atoms with van der Waals surface area (Å²) >= 11 is 0. The number of nitrogens with zero attached hydrogens (tertiary/aromatic N) is 4. The number of rotatable bonds is 4. The van der Waals surface area contributed by atoms with Crippen molar-refractivity contribution in [2.24, 2.45) is 0 Å². The van der Waals surface area contributed by atoms with Crippen LogP contribution in [0.5, 0.6) is 0 Å². The molecule has 13 aromatic rings. The minimum absolute atomic E-state index is 0.563. The summed E-state index contributed by atoms with van der Waals surface area (Å²) in [5, 5.41) is 11.2.